The fraction of sp³-hybridized carbons (Fsp3) is 0.250. The summed E-state index contributed by atoms with van der Waals surface area (Å²) >= 11 is 5.62. The van der Waals surface area contributed by atoms with Crippen LogP contribution in [0, 0.1) is 5.82 Å². The number of rotatable bonds is 3. The third-order valence-electron chi connectivity index (χ3n) is 2.63. The molecule has 5 heteroatoms. The Bertz CT molecular complexity index is 524. The van der Waals surface area contributed by atoms with Crippen LogP contribution in [0.3, 0.4) is 0 Å². The highest BCUT2D eigenvalue weighted by Crippen LogP contribution is 2.19. The molecule has 0 saturated carbocycles. The Kier molecular flexibility index (Phi) is 3.45. The van der Waals surface area contributed by atoms with Crippen LogP contribution < -0.4 is 5.73 Å². The van der Waals surface area contributed by atoms with Gasteiger partial charge in [-0.1, -0.05) is 17.7 Å². The molecule has 0 aliphatic rings. The summed E-state index contributed by atoms with van der Waals surface area (Å²) in [5.74, 6) is 0.358. The number of imidazole rings is 1. The zero-order valence-electron chi connectivity index (χ0n) is 9.40. The van der Waals surface area contributed by atoms with Gasteiger partial charge in [-0.3, -0.25) is 0 Å². The molecular weight excluding hydrogens is 241 g/mol. The standard InChI is InChI=1S/C12H13ClFN3/c1-17-5-4-16-12(17)11(15)7-8-2-3-9(13)10(14)6-8/h2-6,11H,7,15H2,1H3. The fourth-order valence-electron chi connectivity index (χ4n) is 1.75. The molecule has 2 rings (SSSR count). The number of nitrogens with two attached hydrogens (primary N) is 1. The quantitative estimate of drug-likeness (QED) is 0.913. The molecule has 0 bridgehead atoms. The van der Waals surface area contributed by atoms with E-state index in [4.69, 9.17) is 17.3 Å². The summed E-state index contributed by atoms with van der Waals surface area (Å²) in [5, 5.41) is 0.124. The summed E-state index contributed by atoms with van der Waals surface area (Å²) in [4.78, 5) is 4.17. The second kappa shape index (κ2) is 4.85. The van der Waals surface area contributed by atoms with Crippen molar-refractivity contribution >= 4 is 11.6 Å². The van der Waals surface area contributed by atoms with E-state index in [-0.39, 0.29) is 11.1 Å². The molecule has 0 radical (unpaired) electrons. The van der Waals surface area contributed by atoms with Crippen LogP contribution in [0.1, 0.15) is 17.4 Å². The summed E-state index contributed by atoms with van der Waals surface area (Å²) in [6.07, 6.45) is 4.05. The minimum absolute atomic E-state index is 0.124. The summed E-state index contributed by atoms with van der Waals surface area (Å²) in [6, 6.07) is 4.46. The van der Waals surface area contributed by atoms with Crippen LogP contribution in [0.4, 0.5) is 4.39 Å². The first-order valence-electron chi connectivity index (χ1n) is 5.24. The molecule has 1 aromatic heterocycles. The van der Waals surface area contributed by atoms with Gasteiger partial charge in [0.25, 0.3) is 0 Å². The summed E-state index contributed by atoms with van der Waals surface area (Å²) in [7, 11) is 1.88. The molecule has 0 spiro atoms. The van der Waals surface area contributed by atoms with Gasteiger partial charge >= 0.3 is 0 Å². The number of nitrogens with zero attached hydrogens (tertiary/aromatic N) is 2. The van der Waals surface area contributed by atoms with Gasteiger partial charge in [0.05, 0.1) is 11.1 Å². The lowest BCUT2D eigenvalue weighted by molar-refractivity contribution is 0.611. The van der Waals surface area contributed by atoms with E-state index in [9.17, 15) is 4.39 Å². The fourth-order valence-corrected chi connectivity index (χ4v) is 1.86. The lowest BCUT2D eigenvalue weighted by Crippen LogP contribution is -2.17. The molecule has 0 saturated heterocycles. The van der Waals surface area contributed by atoms with Gasteiger partial charge in [0.1, 0.15) is 11.6 Å². The van der Waals surface area contributed by atoms with E-state index in [0.29, 0.717) is 6.42 Å². The average Bonchev–Trinajstić information content (AvgIpc) is 2.70. The SMILES string of the molecule is Cn1ccnc1C(N)Cc1ccc(Cl)c(F)c1. The van der Waals surface area contributed by atoms with Gasteiger partial charge in [-0.2, -0.15) is 0 Å². The summed E-state index contributed by atoms with van der Waals surface area (Å²) in [6.45, 7) is 0. The van der Waals surface area contributed by atoms with Crippen molar-refractivity contribution in [3.05, 3.63) is 52.8 Å². The number of hydrogen-bond acceptors (Lipinski definition) is 2. The van der Waals surface area contributed by atoms with E-state index >= 15 is 0 Å². The van der Waals surface area contributed by atoms with Crippen LogP contribution in [-0.2, 0) is 13.5 Å². The van der Waals surface area contributed by atoms with E-state index in [1.54, 1.807) is 12.3 Å². The number of aryl methyl sites for hydroxylation is 1. The minimum atomic E-state index is -0.420. The maximum absolute atomic E-state index is 13.3. The van der Waals surface area contributed by atoms with Gasteiger partial charge in [-0.25, -0.2) is 9.37 Å². The monoisotopic (exact) mass is 253 g/mol. The van der Waals surface area contributed by atoms with E-state index in [2.05, 4.69) is 4.98 Å². The number of aromatic nitrogens is 2. The Morgan fingerprint density at radius 2 is 2.29 bits per heavy atom. The highest BCUT2D eigenvalue weighted by Gasteiger charge is 2.12. The van der Waals surface area contributed by atoms with E-state index in [1.165, 1.54) is 12.1 Å². The van der Waals surface area contributed by atoms with Crippen LogP contribution in [-0.4, -0.2) is 9.55 Å². The second-order valence-corrected chi connectivity index (χ2v) is 4.36. The van der Waals surface area contributed by atoms with Crippen LogP contribution in [0.2, 0.25) is 5.02 Å². The van der Waals surface area contributed by atoms with Crippen molar-refractivity contribution in [3.63, 3.8) is 0 Å². The number of benzene rings is 1. The molecule has 0 fully saturated rings. The Labute approximate surface area is 104 Å². The van der Waals surface area contributed by atoms with Crippen molar-refractivity contribution in [1.82, 2.24) is 9.55 Å². The minimum Gasteiger partial charge on any atom is -0.337 e. The van der Waals surface area contributed by atoms with Crippen molar-refractivity contribution in [3.8, 4) is 0 Å². The Morgan fingerprint density at radius 1 is 1.53 bits per heavy atom. The topological polar surface area (TPSA) is 43.8 Å². The Morgan fingerprint density at radius 3 is 2.88 bits per heavy atom. The molecule has 90 valence electrons. The molecule has 1 unspecified atom stereocenters. The highest BCUT2D eigenvalue weighted by molar-refractivity contribution is 6.30. The van der Waals surface area contributed by atoms with Crippen LogP contribution in [0.15, 0.2) is 30.6 Å². The van der Waals surface area contributed by atoms with Crippen LogP contribution >= 0.6 is 11.6 Å². The van der Waals surface area contributed by atoms with E-state index < -0.39 is 5.82 Å². The number of halogens is 2. The largest absolute Gasteiger partial charge is 0.337 e. The highest BCUT2D eigenvalue weighted by atomic mass is 35.5. The van der Waals surface area contributed by atoms with Gasteiger partial charge in [-0.05, 0) is 24.1 Å². The maximum atomic E-state index is 13.3. The van der Waals surface area contributed by atoms with Gasteiger partial charge in [-0.15, -0.1) is 0 Å². The summed E-state index contributed by atoms with van der Waals surface area (Å²) in [5.41, 5.74) is 6.83. The Hall–Kier alpha value is -1.39. The zero-order valence-corrected chi connectivity index (χ0v) is 10.2. The molecule has 1 heterocycles. The predicted molar refractivity (Wildman–Crippen MR) is 65.3 cm³/mol. The second-order valence-electron chi connectivity index (χ2n) is 3.96. The molecule has 2 N–H and O–H groups in total. The smallest absolute Gasteiger partial charge is 0.142 e. The molecule has 0 amide bonds. The molecule has 2 aromatic rings. The average molecular weight is 254 g/mol. The van der Waals surface area contributed by atoms with Gasteiger partial charge in [0.15, 0.2) is 0 Å². The first kappa shape index (κ1) is 12.1. The molecule has 3 nitrogen and oxygen atoms in total. The normalized spacial score (nSPS) is 12.7. The van der Waals surface area contributed by atoms with Crippen molar-refractivity contribution in [2.75, 3.05) is 0 Å². The Balaban J connectivity index is 2.16. The lowest BCUT2D eigenvalue weighted by atomic mass is 10.1. The third kappa shape index (κ3) is 2.65. The molecule has 0 aliphatic carbocycles. The van der Waals surface area contributed by atoms with Crippen molar-refractivity contribution in [1.29, 1.82) is 0 Å². The van der Waals surface area contributed by atoms with Gasteiger partial charge in [0, 0.05) is 19.4 Å². The lowest BCUT2D eigenvalue weighted by Gasteiger charge is -2.11. The number of hydrogen-bond donors (Lipinski definition) is 1. The molecule has 1 atom stereocenters. The van der Waals surface area contributed by atoms with Gasteiger partial charge < -0.3 is 10.3 Å². The zero-order chi connectivity index (χ0) is 12.4. The van der Waals surface area contributed by atoms with Crippen molar-refractivity contribution in [2.24, 2.45) is 12.8 Å². The first-order valence-corrected chi connectivity index (χ1v) is 5.62. The molecule has 1 aromatic carbocycles. The molecular formula is C12H13ClFN3. The predicted octanol–water partition coefficient (Wildman–Crippen LogP) is 2.46. The molecule has 0 aliphatic heterocycles. The van der Waals surface area contributed by atoms with E-state index in [1.807, 2.05) is 17.8 Å². The maximum Gasteiger partial charge on any atom is 0.142 e. The molecule has 17 heavy (non-hydrogen) atoms. The van der Waals surface area contributed by atoms with Crippen LogP contribution in [0.25, 0.3) is 0 Å². The van der Waals surface area contributed by atoms with Crippen molar-refractivity contribution in [2.45, 2.75) is 12.5 Å². The van der Waals surface area contributed by atoms with Crippen LogP contribution in [0.5, 0.6) is 0 Å². The first-order chi connectivity index (χ1) is 8.08. The van der Waals surface area contributed by atoms with Crippen molar-refractivity contribution < 1.29 is 4.39 Å². The van der Waals surface area contributed by atoms with E-state index in [0.717, 1.165) is 11.4 Å². The van der Waals surface area contributed by atoms with Gasteiger partial charge in [0.2, 0.25) is 0 Å². The third-order valence-corrected chi connectivity index (χ3v) is 2.94. The summed E-state index contributed by atoms with van der Waals surface area (Å²) < 4.78 is 15.1.